The summed E-state index contributed by atoms with van der Waals surface area (Å²) in [5.74, 6) is 0.0848. The van der Waals surface area contributed by atoms with Crippen molar-refractivity contribution >= 4 is 5.91 Å². The van der Waals surface area contributed by atoms with E-state index in [1.165, 1.54) is 0 Å². The fraction of sp³-hybridized carbons (Fsp3) is 0.727. The summed E-state index contributed by atoms with van der Waals surface area (Å²) in [6.07, 6.45) is 2.53. The second-order valence-electron chi connectivity index (χ2n) is 4.56. The highest BCUT2D eigenvalue weighted by Crippen LogP contribution is 2.22. The van der Waals surface area contributed by atoms with Crippen LogP contribution >= 0.6 is 0 Å². The molecule has 3 N–H and O–H groups in total. The molecule has 1 atom stereocenters. The summed E-state index contributed by atoms with van der Waals surface area (Å²) < 4.78 is 0. The molecule has 1 aliphatic heterocycles. The molecule has 86 valence electrons. The lowest BCUT2D eigenvalue weighted by atomic mass is 9.94. The molecule has 4 heteroatoms. The van der Waals surface area contributed by atoms with Crippen LogP contribution in [0.3, 0.4) is 0 Å². The van der Waals surface area contributed by atoms with E-state index in [2.05, 4.69) is 30.6 Å². The van der Waals surface area contributed by atoms with Gasteiger partial charge in [-0.1, -0.05) is 6.08 Å². The van der Waals surface area contributed by atoms with Crippen molar-refractivity contribution in [2.45, 2.75) is 31.8 Å². The summed E-state index contributed by atoms with van der Waals surface area (Å²) in [5, 5.41) is 2.93. The van der Waals surface area contributed by atoms with Gasteiger partial charge in [0.15, 0.2) is 0 Å². The third-order valence-electron chi connectivity index (χ3n) is 2.92. The normalized spacial score (nSPS) is 26.1. The second-order valence-corrected chi connectivity index (χ2v) is 4.56. The second kappa shape index (κ2) is 4.77. The van der Waals surface area contributed by atoms with Gasteiger partial charge in [-0.3, -0.25) is 9.69 Å². The highest BCUT2D eigenvalue weighted by atomic mass is 16.2. The lowest BCUT2D eigenvalue weighted by Gasteiger charge is -2.46. The summed E-state index contributed by atoms with van der Waals surface area (Å²) >= 11 is 0. The Kier molecular flexibility index (Phi) is 3.88. The molecule has 0 aliphatic carbocycles. The molecule has 1 amide bonds. The minimum absolute atomic E-state index is 0.0259. The van der Waals surface area contributed by atoms with Gasteiger partial charge in [0, 0.05) is 18.6 Å². The SMILES string of the molecule is C=CCN1C(CCN)C(=O)NCC1(C)C. The van der Waals surface area contributed by atoms with Crippen LogP contribution in [0.15, 0.2) is 12.7 Å². The number of piperazine rings is 1. The minimum atomic E-state index is -0.114. The zero-order valence-corrected chi connectivity index (χ0v) is 9.62. The van der Waals surface area contributed by atoms with E-state index in [-0.39, 0.29) is 17.5 Å². The molecule has 1 saturated heterocycles. The van der Waals surface area contributed by atoms with Crippen molar-refractivity contribution in [3.8, 4) is 0 Å². The summed E-state index contributed by atoms with van der Waals surface area (Å²) in [6, 6.07) is -0.114. The van der Waals surface area contributed by atoms with Gasteiger partial charge < -0.3 is 11.1 Å². The van der Waals surface area contributed by atoms with Gasteiger partial charge in [0.25, 0.3) is 0 Å². The van der Waals surface area contributed by atoms with Crippen molar-refractivity contribution in [2.75, 3.05) is 19.6 Å². The van der Waals surface area contributed by atoms with Crippen molar-refractivity contribution in [3.05, 3.63) is 12.7 Å². The fourth-order valence-corrected chi connectivity index (χ4v) is 2.04. The molecule has 15 heavy (non-hydrogen) atoms. The van der Waals surface area contributed by atoms with Crippen molar-refractivity contribution in [3.63, 3.8) is 0 Å². The zero-order chi connectivity index (χ0) is 11.5. The predicted octanol–water partition coefficient (Wildman–Crippen LogP) is 0.100. The number of hydrogen-bond acceptors (Lipinski definition) is 3. The summed E-state index contributed by atoms with van der Waals surface area (Å²) in [5.41, 5.74) is 5.51. The van der Waals surface area contributed by atoms with Gasteiger partial charge in [-0.2, -0.15) is 0 Å². The van der Waals surface area contributed by atoms with Gasteiger partial charge in [-0.25, -0.2) is 0 Å². The first-order chi connectivity index (χ1) is 7.03. The Morgan fingerprint density at radius 1 is 1.73 bits per heavy atom. The van der Waals surface area contributed by atoms with E-state index in [0.29, 0.717) is 19.5 Å². The van der Waals surface area contributed by atoms with E-state index in [4.69, 9.17) is 5.73 Å². The van der Waals surface area contributed by atoms with Crippen LogP contribution in [0.25, 0.3) is 0 Å². The van der Waals surface area contributed by atoms with Gasteiger partial charge in [0.05, 0.1) is 6.04 Å². The maximum Gasteiger partial charge on any atom is 0.237 e. The number of nitrogens with zero attached hydrogens (tertiary/aromatic N) is 1. The highest BCUT2D eigenvalue weighted by molar-refractivity contribution is 5.82. The lowest BCUT2D eigenvalue weighted by Crippen LogP contribution is -2.65. The molecule has 1 heterocycles. The monoisotopic (exact) mass is 211 g/mol. The smallest absolute Gasteiger partial charge is 0.237 e. The van der Waals surface area contributed by atoms with Crippen molar-refractivity contribution in [1.82, 2.24) is 10.2 Å². The molecule has 0 radical (unpaired) electrons. The van der Waals surface area contributed by atoms with E-state index in [0.717, 1.165) is 6.54 Å². The van der Waals surface area contributed by atoms with E-state index >= 15 is 0 Å². The number of rotatable bonds is 4. The van der Waals surface area contributed by atoms with Crippen molar-refractivity contribution in [1.29, 1.82) is 0 Å². The first kappa shape index (κ1) is 12.2. The van der Waals surface area contributed by atoms with Crippen molar-refractivity contribution < 1.29 is 4.79 Å². The topological polar surface area (TPSA) is 58.4 Å². The fourth-order valence-electron chi connectivity index (χ4n) is 2.04. The van der Waals surface area contributed by atoms with E-state index in [1.54, 1.807) is 0 Å². The van der Waals surface area contributed by atoms with E-state index in [1.807, 2.05) is 6.08 Å². The minimum Gasteiger partial charge on any atom is -0.353 e. The number of amides is 1. The Bertz CT molecular complexity index is 250. The van der Waals surface area contributed by atoms with Crippen LogP contribution in [0.4, 0.5) is 0 Å². The molecule has 0 aromatic rings. The maximum atomic E-state index is 11.7. The number of hydrogen-bond donors (Lipinski definition) is 2. The summed E-state index contributed by atoms with van der Waals surface area (Å²) in [4.78, 5) is 13.9. The highest BCUT2D eigenvalue weighted by Gasteiger charge is 2.39. The van der Waals surface area contributed by atoms with E-state index < -0.39 is 0 Å². The molecule has 0 aromatic carbocycles. The number of nitrogens with two attached hydrogens (primary N) is 1. The largest absolute Gasteiger partial charge is 0.353 e. The van der Waals surface area contributed by atoms with Crippen LogP contribution in [0.5, 0.6) is 0 Å². The molecule has 4 nitrogen and oxygen atoms in total. The van der Waals surface area contributed by atoms with Gasteiger partial charge in [-0.05, 0) is 26.8 Å². The average molecular weight is 211 g/mol. The molecule has 1 aliphatic rings. The molecule has 1 fully saturated rings. The van der Waals surface area contributed by atoms with Crippen LogP contribution in [0.2, 0.25) is 0 Å². The quantitative estimate of drug-likeness (QED) is 0.648. The van der Waals surface area contributed by atoms with Gasteiger partial charge in [-0.15, -0.1) is 6.58 Å². The third-order valence-corrected chi connectivity index (χ3v) is 2.92. The molecular weight excluding hydrogens is 190 g/mol. The van der Waals surface area contributed by atoms with Crippen molar-refractivity contribution in [2.24, 2.45) is 5.73 Å². The lowest BCUT2D eigenvalue weighted by molar-refractivity contribution is -0.133. The van der Waals surface area contributed by atoms with Gasteiger partial charge >= 0.3 is 0 Å². The molecular formula is C11H21N3O. The Morgan fingerprint density at radius 3 is 2.93 bits per heavy atom. The average Bonchev–Trinajstić information content (AvgIpc) is 2.18. The summed E-state index contributed by atoms with van der Waals surface area (Å²) in [7, 11) is 0. The molecule has 0 saturated carbocycles. The molecule has 1 unspecified atom stereocenters. The maximum absolute atomic E-state index is 11.7. The predicted molar refractivity (Wildman–Crippen MR) is 61.5 cm³/mol. The van der Waals surface area contributed by atoms with E-state index in [9.17, 15) is 4.79 Å². The number of nitrogens with one attached hydrogen (secondary N) is 1. The van der Waals surface area contributed by atoms with Crippen LogP contribution < -0.4 is 11.1 Å². The first-order valence-electron chi connectivity index (χ1n) is 5.38. The molecule has 0 spiro atoms. The Labute approximate surface area is 91.5 Å². The Balaban J connectivity index is 2.84. The summed E-state index contributed by atoms with van der Waals surface area (Å²) in [6.45, 7) is 9.92. The van der Waals surface area contributed by atoms with Gasteiger partial charge in [0.2, 0.25) is 5.91 Å². The first-order valence-corrected chi connectivity index (χ1v) is 5.38. The van der Waals surface area contributed by atoms with Crippen LogP contribution in [0.1, 0.15) is 20.3 Å². The Hall–Kier alpha value is -0.870. The van der Waals surface area contributed by atoms with Crippen LogP contribution in [0, 0.1) is 0 Å². The number of carbonyl (C=O) groups is 1. The molecule has 0 aromatic heterocycles. The Morgan fingerprint density at radius 2 is 2.40 bits per heavy atom. The standard InChI is InChI=1S/C11H21N3O/c1-4-7-14-9(5-6-12)10(15)13-8-11(14,2)3/h4,9H,1,5-8,12H2,2-3H3,(H,13,15). The third kappa shape index (κ3) is 2.58. The van der Waals surface area contributed by atoms with Gasteiger partial charge in [0.1, 0.15) is 0 Å². The van der Waals surface area contributed by atoms with Crippen LogP contribution in [-0.2, 0) is 4.79 Å². The molecule has 0 bridgehead atoms. The zero-order valence-electron chi connectivity index (χ0n) is 9.62. The number of carbonyl (C=O) groups excluding carboxylic acids is 1. The molecule has 1 rings (SSSR count). The van der Waals surface area contributed by atoms with Crippen LogP contribution in [-0.4, -0.2) is 42.0 Å².